The summed E-state index contributed by atoms with van der Waals surface area (Å²) < 4.78 is 5.38. The zero-order chi connectivity index (χ0) is 18.1. The van der Waals surface area contributed by atoms with Gasteiger partial charge in [0.1, 0.15) is 5.75 Å². The van der Waals surface area contributed by atoms with Gasteiger partial charge in [0, 0.05) is 25.3 Å². The minimum atomic E-state index is -0.0767. The van der Waals surface area contributed by atoms with Crippen molar-refractivity contribution >= 4 is 29.9 Å². The van der Waals surface area contributed by atoms with Crippen LogP contribution in [0.1, 0.15) is 19.8 Å². The molecular weight excluding hydrogens is 356 g/mol. The number of ether oxygens (including phenoxy) is 1. The molecule has 26 heavy (non-hydrogen) atoms. The van der Waals surface area contributed by atoms with Gasteiger partial charge in [0.2, 0.25) is 11.8 Å². The fraction of sp³-hybridized carbons (Fsp3) is 0.556. The Hall–Kier alpha value is -1.83. The van der Waals surface area contributed by atoms with Crippen molar-refractivity contribution < 1.29 is 14.3 Å². The molecule has 1 saturated heterocycles. The van der Waals surface area contributed by atoms with Gasteiger partial charge in [0.25, 0.3) is 0 Å². The van der Waals surface area contributed by atoms with E-state index in [4.69, 9.17) is 10.5 Å². The predicted molar refractivity (Wildman–Crippen MR) is 105 cm³/mol. The van der Waals surface area contributed by atoms with Crippen LogP contribution in [0.25, 0.3) is 0 Å². The van der Waals surface area contributed by atoms with E-state index in [1.54, 1.807) is 0 Å². The van der Waals surface area contributed by atoms with Crippen molar-refractivity contribution in [3.8, 4) is 5.75 Å². The van der Waals surface area contributed by atoms with E-state index in [1.807, 2.05) is 36.1 Å². The summed E-state index contributed by atoms with van der Waals surface area (Å²) in [5, 5.41) is 5.71. The third-order valence-electron chi connectivity index (χ3n) is 4.14. The Balaban J connectivity index is 0.00000338. The maximum atomic E-state index is 12.2. The Morgan fingerprint density at radius 3 is 2.69 bits per heavy atom. The van der Waals surface area contributed by atoms with E-state index >= 15 is 0 Å². The van der Waals surface area contributed by atoms with E-state index in [-0.39, 0.29) is 36.7 Å². The normalized spacial score (nSPS) is 17.1. The molecule has 7 nitrogen and oxygen atoms in total. The molecule has 8 heteroatoms. The number of anilines is 1. The van der Waals surface area contributed by atoms with Crippen LogP contribution in [0.3, 0.4) is 0 Å². The Bertz CT molecular complexity index is 568. The van der Waals surface area contributed by atoms with Crippen molar-refractivity contribution in [3.63, 3.8) is 0 Å². The number of nitrogens with one attached hydrogen (secondary N) is 2. The molecule has 1 aromatic carbocycles. The lowest BCUT2D eigenvalue weighted by molar-refractivity contribution is -0.127. The van der Waals surface area contributed by atoms with Crippen molar-refractivity contribution in [1.82, 2.24) is 10.2 Å². The minimum Gasteiger partial charge on any atom is -0.494 e. The van der Waals surface area contributed by atoms with Crippen LogP contribution in [-0.4, -0.2) is 56.0 Å². The molecule has 1 aliphatic heterocycles. The number of hydrogen-bond donors (Lipinski definition) is 3. The second kappa shape index (κ2) is 11.7. The third kappa shape index (κ3) is 7.19. The molecule has 1 heterocycles. The van der Waals surface area contributed by atoms with Crippen LogP contribution in [-0.2, 0) is 9.59 Å². The van der Waals surface area contributed by atoms with E-state index in [0.29, 0.717) is 26.2 Å². The van der Waals surface area contributed by atoms with Crippen molar-refractivity contribution in [1.29, 1.82) is 0 Å². The smallest absolute Gasteiger partial charge is 0.238 e. The van der Waals surface area contributed by atoms with E-state index < -0.39 is 0 Å². The number of carbonyl (C=O) groups excluding carboxylic acids is 2. The van der Waals surface area contributed by atoms with Crippen molar-refractivity contribution in [2.75, 3.05) is 44.6 Å². The number of amides is 2. The van der Waals surface area contributed by atoms with Gasteiger partial charge < -0.3 is 21.1 Å². The lowest BCUT2D eigenvalue weighted by Gasteiger charge is -2.31. The van der Waals surface area contributed by atoms with Gasteiger partial charge in [-0.1, -0.05) is 0 Å². The number of nitrogens with zero attached hydrogens (tertiary/aromatic N) is 1. The SMILES string of the molecule is CCOc1ccc(NC(=O)CN2CCCC(C(=O)NCCN)C2)cc1.Cl. The number of hydrogen-bond acceptors (Lipinski definition) is 5. The molecule has 146 valence electrons. The van der Waals surface area contributed by atoms with Crippen LogP contribution in [0.5, 0.6) is 5.75 Å². The van der Waals surface area contributed by atoms with Gasteiger partial charge in [-0.25, -0.2) is 0 Å². The number of likely N-dealkylation sites (tertiary alicyclic amines) is 1. The summed E-state index contributed by atoms with van der Waals surface area (Å²) in [7, 11) is 0. The molecule has 0 spiro atoms. The fourth-order valence-electron chi connectivity index (χ4n) is 2.96. The molecule has 0 bridgehead atoms. The molecule has 1 atom stereocenters. The van der Waals surface area contributed by atoms with Gasteiger partial charge in [-0.2, -0.15) is 0 Å². The van der Waals surface area contributed by atoms with Crippen LogP contribution < -0.4 is 21.1 Å². The Kier molecular flexibility index (Phi) is 10.0. The number of carbonyl (C=O) groups is 2. The molecule has 2 rings (SSSR count). The highest BCUT2D eigenvalue weighted by molar-refractivity contribution is 5.92. The van der Waals surface area contributed by atoms with Crippen LogP contribution in [0.2, 0.25) is 0 Å². The average Bonchev–Trinajstić information content (AvgIpc) is 2.61. The number of halogens is 1. The quantitative estimate of drug-likeness (QED) is 0.626. The van der Waals surface area contributed by atoms with Crippen molar-refractivity contribution in [3.05, 3.63) is 24.3 Å². The summed E-state index contributed by atoms with van der Waals surface area (Å²) in [6.07, 6.45) is 1.77. The van der Waals surface area contributed by atoms with E-state index in [1.165, 1.54) is 0 Å². The van der Waals surface area contributed by atoms with Gasteiger partial charge in [0.15, 0.2) is 0 Å². The molecule has 1 aromatic rings. The first-order valence-electron chi connectivity index (χ1n) is 8.85. The maximum absolute atomic E-state index is 12.2. The summed E-state index contributed by atoms with van der Waals surface area (Å²) >= 11 is 0. The standard InChI is InChI=1S/C18H28N4O3.ClH/c1-2-25-16-7-5-15(6-8-16)21-17(23)13-22-11-3-4-14(12-22)18(24)20-10-9-19;/h5-8,14H,2-4,9-13,19H2,1H3,(H,20,24)(H,21,23);1H. The fourth-order valence-corrected chi connectivity index (χ4v) is 2.96. The monoisotopic (exact) mass is 384 g/mol. The third-order valence-corrected chi connectivity index (χ3v) is 4.14. The molecule has 1 unspecified atom stereocenters. The van der Waals surface area contributed by atoms with Gasteiger partial charge in [-0.05, 0) is 50.6 Å². The molecule has 0 aromatic heterocycles. The highest BCUT2D eigenvalue weighted by atomic mass is 35.5. The number of piperidine rings is 1. The lowest BCUT2D eigenvalue weighted by Crippen LogP contribution is -2.46. The zero-order valence-corrected chi connectivity index (χ0v) is 16.0. The van der Waals surface area contributed by atoms with E-state index in [9.17, 15) is 9.59 Å². The highest BCUT2D eigenvalue weighted by Gasteiger charge is 2.26. The van der Waals surface area contributed by atoms with Crippen molar-refractivity contribution in [2.45, 2.75) is 19.8 Å². The average molecular weight is 385 g/mol. The summed E-state index contributed by atoms with van der Waals surface area (Å²) in [6.45, 7) is 5.19. The van der Waals surface area contributed by atoms with Gasteiger partial charge in [0.05, 0.1) is 19.1 Å². The molecule has 0 saturated carbocycles. The lowest BCUT2D eigenvalue weighted by atomic mass is 9.97. The van der Waals surface area contributed by atoms with Gasteiger partial charge in [-0.15, -0.1) is 12.4 Å². The zero-order valence-electron chi connectivity index (χ0n) is 15.2. The molecule has 1 aliphatic rings. The van der Waals surface area contributed by atoms with Gasteiger partial charge >= 0.3 is 0 Å². The predicted octanol–water partition coefficient (Wildman–Crippen LogP) is 1.23. The molecule has 2 amide bonds. The number of rotatable bonds is 8. The summed E-state index contributed by atoms with van der Waals surface area (Å²) in [5.41, 5.74) is 6.15. The maximum Gasteiger partial charge on any atom is 0.238 e. The Morgan fingerprint density at radius 2 is 2.04 bits per heavy atom. The molecule has 0 radical (unpaired) electrons. The minimum absolute atomic E-state index is 0. The van der Waals surface area contributed by atoms with Crippen LogP contribution >= 0.6 is 12.4 Å². The van der Waals surface area contributed by atoms with E-state index in [2.05, 4.69) is 10.6 Å². The molecule has 1 fully saturated rings. The van der Waals surface area contributed by atoms with Crippen LogP contribution in [0, 0.1) is 5.92 Å². The van der Waals surface area contributed by atoms with Crippen molar-refractivity contribution in [2.24, 2.45) is 11.7 Å². The second-order valence-electron chi connectivity index (χ2n) is 6.16. The first-order valence-corrected chi connectivity index (χ1v) is 8.85. The first-order chi connectivity index (χ1) is 12.1. The van der Waals surface area contributed by atoms with Gasteiger partial charge in [-0.3, -0.25) is 14.5 Å². The Morgan fingerprint density at radius 1 is 1.31 bits per heavy atom. The van der Waals surface area contributed by atoms with E-state index in [0.717, 1.165) is 30.8 Å². The number of benzene rings is 1. The summed E-state index contributed by atoms with van der Waals surface area (Å²) in [6, 6.07) is 7.31. The first kappa shape index (κ1) is 22.2. The molecule has 4 N–H and O–H groups in total. The largest absolute Gasteiger partial charge is 0.494 e. The number of nitrogens with two attached hydrogens (primary N) is 1. The van der Waals surface area contributed by atoms with Crippen LogP contribution in [0.4, 0.5) is 5.69 Å². The molecule has 0 aliphatic carbocycles. The second-order valence-corrected chi connectivity index (χ2v) is 6.16. The topological polar surface area (TPSA) is 96.7 Å². The Labute approximate surface area is 161 Å². The van der Waals surface area contributed by atoms with Crippen LogP contribution in [0.15, 0.2) is 24.3 Å². The molecular formula is C18H29ClN4O3. The summed E-state index contributed by atoms with van der Waals surface area (Å²) in [5.74, 6) is 0.663. The highest BCUT2D eigenvalue weighted by Crippen LogP contribution is 2.18. The summed E-state index contributed by atoms with van der Waals surface area (Å²) in [4.78, 5) is 26.3.